The summed E-state index contributed by atoms with van der Waals surface area (Å²) in [6.45, 7) is 0. The zero-order valence-electron chi connectivity index (χ0n) is 29.9. The van der Waals surface area contributed by atoms with Crippen molar-refractivity contribution in [3.05, 3.63) is 200 Å². The minimum atomic E-state index is 1.14. The summed E-state index contributed by atoms with van der Waals surface area (Å²) in [6, 6.07) is 73.2. The number of fused-ring (bicyclic) bond motifs is 11. The molecule has 0 aliphatic heterocycles. The van der Waals surface area contributed by atoms with Crippen molar-refractivity contribution >= 4 is 76.2 Å². The van der Waals surface area contributed by atoms with Gasteiger partial charge in [-0.2, -0.15) is 0 Å². The highest BCUT2D eigenvalue weighted by Crippen LogP contribution is 2.43. The van der Waals surface area contributed by atoms with E-state index in [9.17, 15) is 0 Å². The van der Waals surface area contributed by atoms with Crippen molar-refractivity contribution < 1.29 is 0 Å². The van der Waals surface area contributed by atoms with Gasteiger partial charge in [0.05, 0.1) is 33.1 Å². The fraction of sp³-hybridized carbons (Fsp3) is 0. The van der Waals surface area contributed by atoms with Crippen LogP contribution in [0.15, 0.2) is 200 Å². The monoisotopic (exact) mass is 699 g/mol. The lowest BCUT2D eigenvalue weighted by molar-refractivity contribution is 1.17. The maximum atomic E-state index is 2.45. The highest BCUT2D eigenvalue weighted by molar-refractivity contribution is 6.26. The molecule has 0 saturated carbocycles. The van der Waals surface area contributed by atoms with Gasteiger partial charge < -0.3 is 13.7 Å². The third-order valence-corrected chi connectivity index (χ3v) is 11.6. The molecule has 0 saturated heterocycles. The summed E-state index contributed by atoms with van der Waals surface area (Å²) in [5.74, 6) is 0. The fourth-order valence-electron chi connectivity index (χ4n) is 9.20. The second kappa shape index (κ2) is 11.6. The van der Waals surface area contributed by atoms with Crippen LogP contribution in [-0.4, -0.2) is 13.7 Å². The molecule has 3 heterocycles. The first-order chi connectivity index (χ1) is 27.3. The molecule has 3 aromatic heterocycles. The lowest BCUT2D eigenvalue weighted by atomic mass is 10.0. The summed E-state index contributed by atoms with van der Waals surface area (Å²) < 4.78 is 7.30. The van der Waals surface area contributed by atoms with Crippen LogP contribution in [0.4, 0.5) is 0 Å². The third-order valence-electron chi connectivity index (χ3n) is 11.6. The molecule has 3 heteroatoms. The van der Waals surface area contributed by atoms with E-state index in [1.807, 2.05) is 0 Å². The van der Waals surface area contributed by atoms with Gasteiger partial charge in [-0.3, -0.25) is 0 Å². The summed E-state index contributed by atoms with van der Waals surface area (Å²) in [5, 5.41) is 10.0. The van der Waals surface area contributed by atoms with Gasteiger partial charge in [0.2, 0.25) is 0 Å². The smallest absolute Gasteiger partial charge is 0.0641 e. The van der Waals surface area contributed by atoms with Crippen LogP contribution in [0.3, 0.4) is 0 Å². The van der Waals surface area contributed by atoms with Crippen LogP contribution in [0.1, 0.15) is 0 Å². The van der Waals surface area contributed by atoms with E-state index in [-0.39, 0.29) is 0 Å². The van der Waals surface area contributed by atoms with Gasteiger partial charge in [0.25, 0.3) is 0 Å². The Balaban J connectivity index is 1.07. The molecule has 0 amide bonds. The molecule has 55 heavy (non-hydrogen) atoms. The maximum absolute atomic E-state index is 2.45. The van der Waals surface area contributed by atoms with E-state index in [2.05, 4.69) is 214 Å². The van der Waals surface area contributed by atoms with Crippen LogP contribution in [-0.2, 0) is 0 Å². The number of hydrogen-bond acceptors (Lipinski definition) is 0. The zero-order valence-corrected chi connectivity index (χ0v) is 29.9. The molecule has 256 valence electrons. The number of hydrogen-bond donors (Lipinski definition) is 0. The molecule has 0 aliphatic carbocycles. The number of benzene rings is 9. The van der Waals surface area contributed by atoms with Crippen molar-refractivity contribution in [1.82, 2.24) is 13.7 Å². The van der Waals surface area contributed by atoms with E-state index in [0.717, 1.165) is 11.4 Å². The largest absolute Gasteiger partial charge is 0.309 e. The molecule has 12 aromatic rings. The average Bonchev–Trinajstić information content (AvgIpc) is 3.89. The first-order valence-corrected chi connectivity index (χ1v) is 18.9. The van der Waals surface area contributed by atoms with Crippen LogP contribution in [0, 0.1) is 0 Å². The minimum Gasteiger partial charge on any atom is -0.309 e. The minimum absolute atomic E-state index is 1.14. The summed E-state index contributed by atoms with van der Waals surface area (Å²) in [5.41, 5.74) is 13.1. The number of para-hydroxylation sites is 4. The number of aromatic nitrogens is 3. The standard InChI is InChI=1S/C52H33N3/c1-2-16-38(17-3-1)55-47-23-10-6-19-41(47)43-28-30-50-51(52(43)55)44-21-8-11-24-48(44)54(50)39-18-12-15-36(32-39)37-26-29-49-45(33-37)42-20-7-9-22-46(42)53(49)40-27-25-34-13-4-5-14-35(34)31-40/h1-33H. The average molecular weight is 700 g/mol. The van der Waals surface area contributed by atoms with Crippen LogP contribution in [0.25, 0.3) is 104 Å². The van der Waals surface area contributed by atoms with Crippen LogP contribution < -0.4 is 0 Å². The molecule has 12 rings (SSSR count). The predicted octanol–water partition coefficient (Wildman–Crippen LogP) is 13.8. The Morgan fingerprint density at radius 3 is 1.64 bits per heavy atom. The van der Waals surface area contributed by atoms with E-state index < -0.39 is 0 Å². The topological polar surface area (TPSA) is 14.8 Å². The van der Waals surface area contributed by atoms with Gasteiger partial charge in [0.1, 0.15) is 0 Å². The highest BCUT2D eigenvalue weighted by Gasteiger charge is 2.21. The van der Waals surface area contributed by atoms with Gasteiger partial charge in [0, 0.05) is 49.4 Å². The maximum Gasteiger partial charge on any atom is 0.0641 e. The number of rotatable bonds is 4. The van der Waals surface area contributed by atoms with Crippen molar-refractivity contribution in [3.63, 3.8) is 0 Å². The molecule has 0 fully saturated rings. The molecule has 0 radical (unpaired) electrons. The Bertz CT molecular complexity index is 3490. The van der Waals surface area contributed by atoms with Crippen molar-refractivity contribution in [3.8, 4) is 28.2 Å². The van der Waals surface area contributed by atoms with Crippen molar-refractivity contribution in [2.75, 3.05) is 0 Å². The zero-order chi connectivity index (χ0) is 36.0. The van der Waals surface area contributed by atoms with Crippen LogP contribution in [0.5, 0.6) is 0 Å². The van der Waals surface area contributed by atoms with E-state index in [1.165, 1.54) is 93.0 Å². The first kappa shape index (κ1) is 30.1. The normalized spacial score (nSPS) is 12.0. The second-order valence-electron chi connectivity index (χ2n) is 14.6. The van der Waals surface area contributed by atoms with Gasteiger partial charge in [-0.25, -0.2) is 0 Å². The highest BCUT2D eigenvalue weighted by atomic mass is 15.0. The summed E-state index contributed by atoms with van der Waals surface area (Å²) in [6.07, 6.45) is 0. The van der Waals surface area contributed by atoms with Gasteiger partial charge in [-0.15, -0.1) is 0 Å². The molecule has 3 nitrogen and oxygen atoms in total. The molecule has 0 unspecified atom stereocenters. The van der Waals surface area contributed by atoms with Gasteiger partial charge >= 0.3 is 0 Å². The Hall–Kier alpha value is -7.36. The quantitative estimate of drug-likeness (QED) is 0.174. The summed E-state index contributed by atoms with van der Waals surface area (Å²) in [4.78, 5) is 0. The summed E-state index contributed by atoms with van der Waals surface area (Å²) in [7, 11) is 0. The van der Waals surface area contributed by atoms with Gasteiger partial charge in [-0.1, -0.05) is 127 Å². The Morgan fingerprint density at radius 2 is 0.818 bits per heavy atom. The molecule has 0 N–H and O–H groups in total. The lowest BCUT2D eigenvalue weighted by Gasteiger charge is -2.12. The summed E-state index contributed by atoms with van der Waals surface area (Å²) >= 11 is 0. The van der Waals surface area contributed by atoms with Crippen LogP contribution >= 0.6 is 0 Å². The van der Waals surface area contributed by atoms with E-state index in [0.29, 0.717) is 0 Å². The van der Waals surface area contributed by atoms with Crippen molar-refractivity contribution in [1.29, 1.82) is 0 Å². The second-order valence-corrected chi connectivity index (χ2v) is 14.6. The van der Waals surface area contributed by atoms with E-state index in [1.54, 1.807) is 0 Å². The van der Waals surface area contributed by atoms with Gasteiger partial charge in [0.15, 0.2) is 0 Å². The Morgan fingerprint density at radius 1 is 0.255 bits per heavy atom. The molecular formula is C52H33N3. The van der Waals surface area contributed by atoms with Gasteiger partial charge in [-0.05, 0) is 94.7 Å². The fourth-order valence-corrected chi connectivity index (χ4v) is 9.20. The molecule has 9 aromatic carbocycles. The Kier molecular flexibility index (Phi) is 6.34. The lowest BCUT2D eigenvalue weighted by Crippen LogP contribution is -1.95. The van der Waals surface area contributed by atoms with Crippen molar-refractivity contribution in [2.45, 2.75) is 0 Å². The van der Waals surface area contributed by atoms with E-state index >= 15 is 0 Å². The molecule has 0 atom stereocenters. The van der Waals surface area contributed by atoms with E-state index in [4.69, 9.17) is 0 Å². The molecular weight excluding hydrogens is 667 g/mol. The third kappa shape index (κ3) is 4.38. The predicted molar refractivity (Wildman–Crippen MR) is 232 cm³/mol. The molecule has 0 aliphatic rings. The van der Waals surface area contributed by atoms with Crippen LogP contribution in [0.2, 0.25) is 0 Å². The van der Waals surface area contributed by atoms with Crippen molar-refractivity contribution in [2.24, 2.45) is 0 Å². The first-order valence-electron chi connectivity index (χ1n) is 18.9. The SMILES string of the molecule is c1ccc(-n2c3ccccc3c3ccc4c(c5ccccc5n4-c4cccc(-c5ccc6c(c5)c5ccccc5n6-c5ccc6ccccc6c5)c4)c32)cc1. The Labute approximate surface area is 317 Å². The molecule has 0 bridgehead atoms. The number of nitrogens with zero attached hydrogens (tertiary/aromatic N) is 3. The molecule has 0 spiro atoms.